The Balaban J connectivity index is 1.45. The van der Waals surface area contributed by atoms with Gasteiger partial charge in [-0.1, -0.05) is 52.8 Å². The molecule has 0 spiro atoms. The third kappa shape index (κ3) is 5.72. The molecule has 8 heteroatoms. The van der Waals surface area contributed by atoms with E-state index < -0.39 is 0 Å². The Hall–Kier alpha value is -2.09. The zero-order valence-corrected chi connectivity index (χ0v) is 16.4. The van der Waals surface area contributed by atoms with E-state index in [-0.39, 0.29) is 6.03 Å². The summed E-state index contributed by atoms with van der Waals surface area (Å²) < 4.78 is 0. The van der Waals surface area contributed by atoms with Crippen molar-refractivity contribution in [2.24, 2.45) is 0 Å². The van der Waals surface area contributed by atoms with Gasteiger partial charge in [0, 0.05) is 22.2 Å². The molecular formula is C18H17ClN4OS2. The zero-order chi connectivity index (χ0) is 18.4. The minimum atomic E-state index is -0.328. The Morgan fingerprint density at radius 3 is 2.50 bits per heavy atom. The number of aryl methyl sites for hydroxylation is 1. The van der Waals surface area contributed by atoms with E-state index in [4.69, 9.17) is 11.6 Å². The number of urea groups is 1. The molecule has 26 heavy (non-hydrogen) atoms. The molecule has 0 fully saturated rings. The first-order valence-electron chi connectivity index (χ1n) is 7.88. The normalized spacial score (nSPS) is 10.5. The molecule has 134 valence electrons. The van der Waals surface area contributed by atoms with Crippen LogP contribution in [0.4, 0.5) is 15.6 Å². The van der Waals surface area contributed by atoms with Crippen LogP contribution in [0.2, 0.25) is 5.02 Å². The van der Waals surface area contributed by atoms with Gasteiger partial charge in [-0.15, -0.1) is 22.0 Å². The molecule has 0 atom stereocenters. The molecule has 0 aliphatic carbocycles. The van der Waals surface area contributed by atoms with E-state index in [9.17, 15) is 4.79 Å². The summed E-state index contributed by atoms with van der Waals surface area (Å²) >= 11 is 8.99. The van der Waals surface area contributed by atoms with Crippen molar-refractivity contribution >= 4 is 51.5 Å². The molecule has 5 nitrogen and oxygen atoms in total. The molecule has 0 radical (unpaired) electrons. The van der Waals surface area contributed by atoms with Crippen LogP contribution in [0.1, 0.15) is 16.1 Å². The lowest BCUT2D eigenvalue weighted by Crippen LogP contribution is -2.19. The van der Waals surface area contributed by atoms with Crippen LogP contribution < -0.4 is 10.6 Å². The first-order valence-corrected chi connectivity index (χ1v) is 10.2. The molecule has 0 aliphatic rings. The van der Waals surface area contributed by atoms with Crippen molar-refractivity contribution in [1.29, 1.82) is 0 Å². The number of hydrogen-bond acceptors (Lipinski definition) is 5. The number of hydrogen-bond donors (Lipinski definition) is 2. The number of nitrogens with zero attached hydrogens (tertiary/aromatic N) is 2. The van der Waals surface area contributed by atoms with Gasteiger partial charge < -0.3 is 5.32 Å². The van der Waals surface area contributed by atoms with Gasteiger partial charge in [0.25, 0.3) is 0 Å². The summed E-state index contributed by atoms with van der Waals surface area (Å²) in [5.74, 6) is 1.61. The Morgan fingerprint density at radius 1 is 1.04 bits per heavy atom. The van der Waals surface area contributed by atoms with Crippen LogP contribution in [-0.2, 0) is 11.5 Å². The molecule has 2 N–H and O–H groups in total. The van der Waals surface area contributed by atoms with E-state index >= 15 is 0 Å². The van der Waals surface area contributed by atoms with E-state index in [1.807, 2.05) is 55.5 Å². The number of thioether (sulfide) groups is 1. The summed E-state index contributed by atoms with van der Waals surface area (Å²) in [6.07, 6.45) is 0. The number of carbonyl (C=O) groups excluding carboxylic acids is 1. The van der Waals surface area contributed by atoms with Gasteiger partial charge in [0.1, 0.15) is 5.01 Å². The van der Waals surface area contributed by atoms with E-state index in [0.717, 1.165) is 32.8 Å². The number of anilines is 2. The van der Waals surface area contributed by atoms with Crippen molar-refractivity contribution in [3.63, 3.8) is 0 Å². The van der Waals surface area contributed by atoms with E-state index in [2.05, 4.69) is 20.8 Å². The van der Waals surface area contributed by atoms with Crippen LogP contribution in [-0.4, -0.2) is 16.2 Å². The SMILES string of the molecule is Cc1ccc(NC(=O)Nc2nnc(CSCc3ccc(Cl)cc3)s2)cc1. The fourth-order valence-electron chi connectivity index (χ4n) is 2.10. The monoisotopic (exact) mass is 404 g/mol. The van der Waals surface area contributed by atoms with Gasteiger partial charge in [-0.3, -0.25) is 5.32 Å². The second-order valence-electron chi connectivity index (χ2n) is 5.57. The maximum absolute atomic E-state index is 12.0. The summed E-state index contributed by atoms with van der Waals surface area (Å²) in [4.78, 5) is 12.0. The Kier molecular flexibility index (Phi) is 6.49. The average Bonchev–Trinajstić information content (AvgIpc) is 3.06. The zero-order valence-electron chi connectivity index (χ0n) is 14.0. The van der Waals surface area contributed by atoms with E-state index in [1.165, 1.54) is 16.9 Å². The molecule has 0 saturated carbocycles. The second-order valence-corrected chi connectivity index (χ2v) is 8.05. The summed E-state index contributed by atoms with van der Waals surface area (Å²) in [7, 11) is 0. The minimum Gasteiger partial charge on any atom is -0.308 e. The molecule has 3 aromatic rings. The van der Waals surface area contributed by atoms with Gasteiger partial charge in [0.05, 0.1) is 0 Å². The van der Waals surface area contributed by atoms with Gasteiger partial charge in [-0.2, -0.15) is 0 Å². The molecule has 0 unspecified atom stereocenters. The third-order valence-corrected chi connectivity index (χ3v) is 5.69. The van der Waals surface area contributed by atoms with E-state index in [0.29, 0.717) is 5.13 Å². The van der Waals surface area contributed by atoms with Crippen LogP contribution in [0.3, 0.4) is 0 Å². The standard InChI is InChI=1S/C18H17ClN4OS2/c1-12-2-8-15(9-3-12)20-17(24)21-18-23-22-16(26-18)11-25-10-13-4-6-14(19)7-5-13/h2-9H,10-11H2,1H3,(H2,20,21,23,24). The fraction of sp³-hybridized carbons (Fsp3) is 0.167. The minimum absolute atomic E-state index is 0.328. The average molecular weight is 405 g/mol. The van der Waals surface area contributed by atoms with Crippen molar-refractivity contribution in [2.45, 2.75) is 18.4 Å². The van der Waals surface area contributed by atoms with Crippen molar-refractivity contribution in [3.8, 4) is 0 Å². The van der Waals surface area contributed by atoms with Gasteiger partial charge in [-0.05, 0) is 36.8 Å². The van der Waals surface area contributed by atoms with Gasteiger partial charge in [0.2, 0.25) is 5.13 Å². The van der Waals surface area contributed by atoms with Gasteiger partial charge in [-0.25, -0.2) is 4.79 Å². The highest BCUT2D eigenvalue weighted by Gasteiger charge is 2.08. The van der Waals surface area contributed by atoms with Crippen LogP contribution in [0.15, 0.2) is 48.5 Å². The molecule has 0 aliphatic heterocycles. The molecule has 2 amide bonds. The summed E-state index contributed by atoms with van der Waals surface area (Å²) in [5.41, 5.74) is 3.08. The van der Waals surface area contributed by atoms with Crippen LogP contribution in [0.25, 0.3) is 0 Å². The van der Waals surface area contributed by atoms with Gasteiger partial charge in [0.15, 0.2) is 0 Å². The van der Waals surface area contributed by atoms with Crippen LogP contribution in [0, 0.1) is 6.92 Å². The molecular weight excluding hydrogens is 388 g/mol. The smallest absolute Gasteiger partial charge is 0.308 e. The lowest BCUT2D eigenvalue weighted by molar-refractivity contribution is 0.262. The fourth-order valence-corrected chi connectivity index (χ4v) is 4.00. The van der Waals surface area contributed by atoms with Crippen molar-refractivity contribution < 1.29 is 4.79 Å². The lowest BCUT2D eigenvalue weighted by Gasteiger charge is -2.05. The van der Waals surface area contributed by atoms with E-state index in [1.54, 1.807) is 11.8 Å². The van der Waals surface area contributed by atoms with Crippen LogP contribution >= 0.6 is 34.7 Å². The lowest BCUT2D eigenvalue weighted by atomic mass is 10.2. The molecule has 0 saturated heterocycles. The number of aromatic nitrogens is 2. The quantitative estimate of drug-likeness (QED) is 0.563. The number of carbonyl (C=O) groups is 1. The second kappa shape index (κ2) is 9.02. The number of rotatable bonds is 6. The van der Waals surface area contributed by atoms with Gasteiger partial charge >= 0.3 is 6.03 Å². The Morgan fingerprint density at radius 2 is 1.77 bits per heavy atom. The third-order valence-electron chi connectivity index (χ3n) is 3.40. The molecule has 2 aromatic carbocycles. The topological polar surface area (TPSA) is 66.9 Å². The molecule has 0 bridgehead atoms. The molecule has 3 rings (SSSR count). The summed E-state index contributed by atoms with van der Waals surface area (Å²) in [6.45, 7) is 2.00. The molecule has 1 heterocycles. The Labute approximate surface area is 165 Å². The predicted octanol–water partition coefficient (Wildman–Crippen LogP) is 5.58. The maximum Gasteiger partial charge on any atom is 0.325 e. The summed E-state index contributed by atoms with van der Waals surface area (Å²) in [6, 6.07) is 15.1. The first kappa shape index (κ1) is 18.7. The number of nitrogens with one attached hydrogen (secondary N) is 2. The number of halogens is 1. The first-order chi connectivity index (χ1) is 12.6. The van der Waals surface area contributed by atoms with Crippen LogP contribution in [0.5, 0.6) is 0 Å². The maximum atomic E-state index is 12.0. The highest BCUT2D eigenvalue weighted by atomic mass is 35.5. The largest absolute Gasteiger partial charge is 0.325 e. The highest BCUT2D eigenvalue weighted by molar-refractivity contribution is 7.97. The van der Waals surface area contributed by atoms with Crippen molar-refractivity contribution in [2.75, 3.05) is 10.6 Å². The predicted molar refractivity (Wildman–Crippen MR) is 110 cm³/mol. The number of benzene rings is 2. The van der Waals surface area contributed by atoms with Crippen molar-refractivity contribution in [1.82, 2.24) is 10.2 Å². The number of amides is 2. The Bertz CT molecular complexity index is 866. The summed E-state index contributed by atoms with van der Waals surface area (Å²) in [5, 5.41) is 15.7. The molecule has 1 aromatic heterocycles. The van der Waals surface area contributed by atoms with Crippen molar-refractivity contribution in [3.05, 3.63) is 69.7 Å². The highest BCUT2D eigenvalue weighted by Crippen LogP contribution is 2.23.